The van der Waals surface area contributed by atoms with Crippen molar-refractivity contribution < 1.29 is 59.4 Å². The van der Waals surface area contributed by atoms with Gasteiger partial charge < -0.3 is 25.4 Å². The number of nitrogens with one attached hydrogen (secondary N) is 2. The molecule has 3 atom stereocenters. The standard InChI is InChI=1S/C32H34F8N6O5/c1-45(17-31(35,36)37)23-11-24-42-22(15-46(24)44-21(23)13-29(27(48)49)12-20(32(38,39)40)14-41-26(29)47)25(19-7-9-30(33,34)10-8-19)43-28(50)51-16-18-5-3-2-4-6-18/h2-6,11,15,19-20,25H,7-10,12-14,16-17H2,1H3,(H,41,47)(H,43,50)(H,48,49)/t20-,25?,29?/m1/s1. The van der Waals surface area contributed by atoms with Crippen molar-refractivity contribution in [2.45, 2.75) is 69.4 Å². The number of benzene rings is 1. The van der Waals surface area contributed by atoms with Gasteiger partial charge >= 0.3 is 24.4 Å². The Morgan fingerprint density at radius 1 is 1.14 bits per heavy atom. The second-order valence-electron chi connectivity index (χ2n) is 13.0. The van der Waals surface area contributed by atoms with E-state index in [1.165, 1.54) is 6.20 Å². The maximum atomic E-state index is 14.1. The van der Waals surface area contributed by atoms with Gasteiger partial charge in [-0.15, -0.1) is 0 Å². The molecular weight excluding hydrogens is 700 g/mol. The minimum absolute atomic E-state index is 0.0423. The first-order valence-corrected chi connectivity index (χ1v) is 15.9. The summed E-state index contributed by atoms with van der Waals surface area (Å²) in [6, 6.07) is 8.69. The van der Waals surface area contributed by atoms with Crippen LogP contribution in [-0.2, 0) is 27.4 Å². The molecule has 2 fully saturated rings. The first kappa shape index (κ1) is 37.5. The van der Waals surface area contributed by atoms with Crippen LogP contribution in [0.3, 0.4) is 0 Å². The van der Waals surface area contributed by atoms with Crippen molar-refractivity contribution in [2.75, 3.05) is 25.0 Å². The third-order valence-electron chi connectivity index (χ3n) is 9.27. The van der Waals surface area contributed by atoms with Crippen LogP contribution in [-0.4, -0.2) is 76.1 Å². The number of aliphatic carboxylic acids is 1. The maximum absolute atomic E-state index is 14.1. The third-order valence-corrected chi connectivity index (χ3v) is 9.27. The molecule has 2 aliphatic rings. The molecule has 5 rings (SSSR count). The van der Waals surface area contributed by atoms with Gasteiger partial charge in [-0.1, -0.05) is 30.3 Å². The number of alkyl carbamates (subject to hydrolysis) is 1. The van der Waals surface area contributed by atoms with E-state index in [-0.39, 0.29) is 36.5 Å². The zero-order valence-corrected chi connectivity index (χ0v) is 27.0. The Morgan fingerprint density at radius 3 is 2.41 bits per heavy atom. The quantitative estimate of drug-likeness (QED) is 0.175. The number of nitrogens with zero attached hydrogens (tertiary/aromatic N) is 4. The second kappa shape index (κ2) is 14.1. The molecule has 1 aliphatic heterocycles. The van der Waals surface area contributed by atoms with Gasteiger partial charge in [0.15, 0.2) is 11.1 Å². The lowest BCUT2D eigenvalue weighted by Gasteiger charge is -2.37. The highest BCUT2D eigenvalue weighted by Gasteiger charge is 2.57. The molecule has 2 amide bonds. The summed E-state index contributed by atoms with van der Waals surface area (Å²) in [7, 11) is 0.997. The molecule has 3 heterocycles. The molecule has 0 radical (unpaired) electrons. The Hall–Kier alpha value is -4.71. The average Bonchev–Trinajstić information content (AvgIpc) is 3.45. The van der Waals surface area contributed by atoms with Crippen LogP contribution in [0.25, 0.3) is 5.65 Å². The molecule has 1 aromatic carbocycles. The van der Waals surface area contributed by atoms with Crippen LogP contribution >= 0.6 is 0 Å². The molecule has 1 saturated heterocycles. The van der Waals surface area contributed by atoms with Crippen molar-refractivity contribution in [2.24, 2.45) is 17.3 Å². The second-order valence-corrected chi connectivity index (χ2v) is 13.0. The highest BCUT2D eigenvalue weighted by molar-refractivity contribution is 6.03. The lowest BCUT2D eigenvalue weighted by Crippen LogP contribution is -2.57. The SMILES string of the molecule is CN(CC(F)(F)F)c1cc2nc(C(NC(=O)OCc3ccccc3)C3CCC(F)(F)CC3)cn2nc1CC1(C(=O)O)C[C@@H](C(F)(F)F)CNC1=O. The van der Waals surface area contributed by atoms with Gasteiger partial charge in [0, 0.05) is 38.9 Å². The number of carbonyl (C=O) groups is 3. The summed E-state index contributed by atoms with van der Waals surface area (Å²) < 4.78 is 116. The number of carboxylic acids is 1. The molecular formula is C32H34F8N6O5. The van der Waals surface area contributed by atoms with E-state index in [0.717, 1.165) is 17.6 Å². The van der Waals surface area contributed by atoms with Crippen molar-refractivity contribution >= 4 is 29.3 Å². The number of anilines is 1. The first-order valence-electron chi connectivity index (χ1n) is 15.9. The summed E-state index contributed by atoms with van der Waals surface area (Å²) >= 11 is 0. The molecule has 11 nitrogen and oxygen atoms in total. The molecule has 1 aliphatic carbocycles. The van der Waals surface area contributed by atoms with Crippen LogP contribution in [0.1, 0.15) is 55.1 Å². The van der Waals surface area contributed by atoms with Gasteiger partial charge in [0.25, 0.3) is 0 Å². The normalized spacial score (nSPS) is 21.9. The molecule has 3 N–H and O–H groups in total. The minimum Gasteiger partial charge on any atom is -0.480 e. The van der Waals surface area contributed by atoms with Gasteiger partial charge in [-0.05, 0) is 30.7 Å². The fourth-order valence-electron chi connectivity index (χ4n) is 6.55. The van der Waals surface area contributed by atoms with Gasteiger partial charge in [-0.3, -0.25) is 9.59 Å². The summed E-state index contributed by atoms with van der Waals surface area (Å²) in [6.07, 6.45) is -12.6. The zero-order chi connectivity index (χ0) is 37.4. The summed E-state index contributed by atoms with van der Waals surface area (Å²) in [6.45, 7) is -2.59. The van der Waals surface area contributed by atoms with Crippen LogP contribution in [0, 0.1) is 17.3 Å². The molecule has 0 bridgehead atoms. The zero-order valence-electron chi connectivity index (χ0n) is 27.0. The maximum Gasteiger partial charge on any atom is 0.408 e. The molecule has 3 aromatic rings. The number of hydrogen-bond acceptors (Lipinski definition) is 7. The molecule has 278 valence electrons. The number of alkyl halides is 8. The van der Waals surface area contributed by atoms with Gasteiger partial charge in [-0.25, -0.2) is 23.1 Å². The van der Waals surface area contributed by atoms with E-state index in [2.05, 4.69) is 15.4 Å². The predicted octanol–water partition coefficient (Wildman–Crippen LogP) is 5.83. The van der Waals surface area contributed by atoms with Crippen LogP contribution in [0.4, 0.5) is 45.6 Å². The molecule has 51 heavy (non-hydrogen) atoms. The van der Waals surface area contributed by atoms with E-state index in [1.54, 1.807) is 30.3 Å². The Morgan fingerprint density at radius 2 is 1.80 bits per heavy atom. The monoisotopic (exact) mass is 734 g/mol. The number of carboxylic acid groups (broad SMARTS) is 1. The molecule has 2 aromatic heterocycles. The minimum atomic E-state index is -4.89. The summed E-state index contributed by atoms with van der Waals surface area (Å²) in [5.41, 5.74) is -2.98. The summed E-state index contributed by atoms with van der Waals surface area (Å²) in [5, 5.41) is 19.0. The molecule has 19 heteroatoms. The number of fused-ring (bicyclic) bond motifs is 1. The predicted molar refractivity (Wildman–Crippen MR) is 163 cm³/mol. The van der Waals surface area contributed by atoms with Gasteiger partial charge in [0.05, 0.1) is 35.2 Å². The molecule has 2 unspecified atom stereocenters. The number of aromatic nitrogens is 3. The lowest BCUT2D eigenvalue weighted by atomic mass is 9.72. The Kier molecular flexibility index (Phi) is 10.4. The van der Waals surface area contributed by atoms with Crippen LogP contribution in [0.2, 0.25) is 0 Å². The Labute approximate surface area is 285 Å². The van der Waals surface area contributed by atoms with Crippen molar-refractivity contribution in [3.05, 3.63) is 59.5 Å². The number of carbonyl (C=O) groups excluding carboxylic acids is 2. The van der Waals surface area contributed by atoms with Crippen LogP contribution in [0.5, 0.6) is 0 Å². The van der Waals surface area contributed by atoms with Crippen molar-refractivity contribution in [3.8, 4) is 0 Å². The number of ether oxygens (including phenoxy) is 1. The average molecular weight is 735 g/mol. The van der Waals surface area contributed by atoms with E-state index in [9.17, 15) is 54.6 Å². The van der Waals surface area contributed by atoms with Crippen molar-refractivity contribution in [1.29, 1.82) is 0 Å². The smallest absolute Gasteiger partial charge is 0.408 e. The van der Waals surface area contributed by atoms with Crippen molar-refractivity contribution in [3.63, 3.8) is 0 Å². The third kappa shape index (κ3) is 8.79. The molecule has 0 spiro atoms. The lowest BCUT2D eigenvalue weighted by molar-refractivity contribution is -0.194. The Bertz CT molecular complexity index is 1740. The highest BCUT2D eigenvalue weighted by atomic mass is 19.4. The van der Waals surface area contributed by atoms with E-state index in [1.807, 2.05) is 5.32 Å². The largest absolute Gasteiger partial charge is 0.480 e. The number of halogens is 8. The number of rotatable bonds is 10. The number of amides is 2. The van der Waals surface area contributed by atoms with Crippen LogP contribution in [0.15, 0.2) is 42.6 Å². The van der Waals surface area contributed by atoms with E-state index in [4.69, 9.17) is 4.74 Å². The fourth-order valence-corrected chi connectivity index (χ4v) is 6.55. The summed E-state index contributed by atoms with van der Waals surface area (Å²) in [4.78, 5) is 43.5. The van der Waals surface area contributed by atoms with Gasteiger partial charge in [0.2, 0.25) is 11.8 Å². The molecule has 1 saturated carbocycles. The van der Waals surface area contributed by atoms with E-state index in [0.29, 0.717) is 10.5 Å². The highest BCUT2D eigenvalue weighted by Crippen LogP contribution is 2.44. The first-order chi connectivity index (χ1) is 23.8. The Balaban J connectivity index is 1.54. The van der Waals surface area contributed by atoms with E-state index < -0.39 is 104 Å². The fraction of sp³-hybridized carbons (Fsp3) is 0.531. The van der Waals surface area contributed by atoms with E-state index >= 15 is 0 Å². The topological polar surface area (TPSA) is 138 Å². The number of hydrogen-bond donors (Lipinski definition) is 3. The summed E-state index contributed by atoms with van der Waals surface area (Å²) in [5.74, 6) is -8.98. The van der Waals surface area contributed by atoms with Crippen LogP contribution < -0.4 is 15.5 Å². The number of imidazole rings is 1. The van der Waals surface area contributed by atoms with Gasteiger partial charge in [-0.2, -0.15) is 31.4 Å². The van der Waals surface area contributed by atoms with Crippen molar-refractivity contribution in [1.82, 2.24) is 25.2 Å². The number of piperidine rings is 1. The van der Waals surface area contributed by atoms with Gasteiger partial charge in [0.1, 0.15) is 13.2 Å².